The van der Waals surface area contributed by atoms with Crippen LogP contribution in [0.1, 0.15) is 40.0 Å². The van der Waals surface area contributed by atoms with Gasteiger partial charge in [0.05, 0.1) is 12.5 Å². The molecule has 0 amide bonds. The Morgan fingerprint density at radius 2 is 2.10 bits per heavy atom. The van der Waals surface area contributed by atoms with E-state index in [-0.39, 0.29) is 30.8 Å². The lowest BCUT2D eigenvalue weighted by molar-refractivity contribution is -0.148. The molecule has 0 aromatic heterocycles. The molecular formula is C22H28O7. The van der Waals surface area contributed by atoms with E-state index in [9.17, 15) is 14.4 Å². The fourth-order valence-electron chi connectivity index (χ4n) is 3.39. The first-order valence-corrected chi connectivity index (χ1v) is 9.59. The minimum Gasteiger partial charge on any atom is -0.461 e. The predicted molar refractivity (Wildman–Crippen MR) is 106 cm³/mol. The van der Waals surface area contributed by atoms with Gasteiger partial charge in [-0.15, -0.1) is 0 Å². The molecule has 7 nitrogen and oxygen atoms in total. The Morgan fingerprint density at radius 3 is 2.76 bits per heavy atom. The predicted octanol–water partition coefficient (Wildman–Crippen LogP) is 2.55. The monoisotopic (exact) mass is 404 g/mol. The topological polar surface area (TPSA) is 99.1 Å². The van der Waals surface area contributed by atoms with Crippen LogP contribution >= 0.6 is 0 Å². The molecule has 2 rings (SSSR count). The molecule has 1 N–H and O–H groups in total. The molecule has 0 bridgehead atoms. The quantitative estimate of drug-likeness (QED) is 0.325. The van der Waals surface area contributed by atoms with Gasteiger partial charge in [-0.05, 0) is 44.4 Å². The summed E-state index contributed by atoms with van der Waals surface area (Å²) < 4.78 is 16.3. The summed E-state index contributed by atoms with van der Waals surface area (Å²) in [6.45, 7) is 8.47. The molecule has 158 valence electrons. The summed E-state index contributed by atoms with van der Waals surface area (Å²) in [7, 11) is 0. The van der Waals surface area contributed by atoms with Gasteiger partial charge in [0.2, 0.25) is 0 Å². The number of carbonyl (C=O) groups excluding carboxylic acids is 3. The standard InChI is InChI=1S/C22H28O7/c1-13-6-5-7-17(12-27-16(4)24)11-19(28-21(25)14(2)8-9-23)20-15(3)22(26)29-18(20)10-13/h7-8,10,18-20,23H,3,5-6,9,11-12H2,1-2,4H3. The summed E-state index contributed by atoms with van der Waals surface area (Å²) in [5.41, 5.74) is 2.33. The Labute approximate surface area is 170 Å². The summed E-state index contributed by atoms with van der Waals surface area (Å²) in [6.07, 6.45) is 5.64. The second kappa shape index (κ2) is 10.2. The Kier molecular flexibility index (Phi) is 7.96. The molecule has 2 aliphatic rings. The van der Waals surface area contributed by atoms with Crippen molar-refractivity contribution in [3.63, 3.8) is 0 Å². The van der Waals surface area contributed by atoms with Gasteiger partial charge < -0.3 is 19.3 Å². The molecular weight excluding hydrogens is 376 g/mol. The molecule has 0 radical (unpaired) electrons. The lowest BCUT2D eigenvalue weighted by atomic mass is 9.85. The zero-order valence-corrected chi connectivity index (χ0v) is 17.1. The summed E-state index contributed by atoms with van der Waals surface area (Å²) in [6, 6.07) is 0. The average molecular weight is 404 g/mol. The lowest BCUT2D eigenvalue weighted by Gasteiger charge is -2.28. The van der Waals surface area contributed by atoms with Gasteiger partial charge in [0.1, 0.15) is 18.8 Å². The van der Waals surface area contributed by atoms with Gasteiger partial charge in [-0.3, -0.25) is 4.79 Å². The molecule has 1 saturated heterocycles. The second-order valence-corrected chi connectivity index (χ2v) is 7.33. The molecule has 0 spiro atoms. The normalized spacial score (nSPS) is 25.4. The minimum atomic E-state index is -0.738. The van der Waals surface area contributed by atoms with E-state index >= 15 is 0 Å². The number of aliphatic hydroxyl groups is 1. The van der Waals surface area contributed by atoms with Gasteiger partial charge in [0.25, 0.3) is 0 Å². The van der Waals surface area contributed by atoms with E-state index in [1.165, 1.54) is 13.0 Å². The number of hydrogen-bond acceptors (Lipinski definition) is 7. The summed E-state index contributed by atoms with van der Waals surface area (Å²) in [5.74, 6) is -2.07. The number of rotatable bonds is 5. The first kappa shape index (κ1) is 22.6. The fraction of sp³-hybridized carbons (Fsp3) is 0.500. The third-order valence-corrected chi connectivity index (χ3v) is 4.98. The van der Waals surface area contributed by atoms with Crippen LogP contribution in [0, 0.1) is 5.92 Å². The number of aliphatic hydroxyl groups excluding tert-OH is 1. The van der Waals surface area contributed by atoms with Crippen LogP contribution in [0.4, 0.5) is 0 Å². The van der Waals surface area contributed by atoms with Gasteiger partial charge in [-0.1, -0.05) is 18.2 Å². The third-order valence-electron chi connectivity index (χ3n) is 4.98. The maximum Gasteiger partial charge on any atom is 0.334 e. The van der Waals surface area contributed by atoms with Gasteiger partial charge in [-0.25, -0.2) is 9.59 Å². The molecule has 3 unspecified atom stereocenters. The van der Waals surface area contributed by atoms with Crippen LogP contribution in [0.3, 0.4) is 0 Å². The Hall–Kier alpha value is -2.67. The van der Waals surface area contributed by atoms with Crippen molar-refractivity contribution in [2.24, 2.45) is 5.92 Å². The van der Waals surface area contributed by atoms with Crippen molar-refractivity contribution in [2.75, 3.05) is 13.2 Å². The smallest absolute Gasteiger partial charge is 0.334 e. The van der Waals surface area contributed by atoms with Crippen molar-refractivity contribution in [2.45, 2.75) is 52.2 Å². The highest BCUT2D eigenvalue weighted by atomic mass is 16.6. The van der Waals surface area contributed by atoms with Gasteiger partial charge in [0.15, 0.2) is 0 Å². The van der Waals surface area contributed by atoms with Crippen molar-refractivity contribution >= 4 is 17.9 Å². The van der Waals surface area contributed by atoms with Crippen LogP contribution in [0.25, 0.3) is 0 Å². The summed E-state index contributed by atoms with van der Waals surface area (Å²) >= 11 is 0. The number of fused-ring (bicyclic) bond motifs is 1. The Morgan fingerprint density at radius 1 is 1.38 bits per heavy atom. The first-order valence-electron chi connectivity index (χ1n) is 9.59. The largest absolute Gasteiger partial charge is 0.461 e. The third kappa shape index (κ3) is 6.15. The Balaban J connectivity index is 2.39. The number of carbonyl (C=O) groups is 3. The van der Waals surface area contributed by atoms with Gasteiger partial charge in [0, 0.05) is 24.5 Å². The van der Waals surface area contributed by atoms with Crippen molar-refractivity contribution in [1.82, 2.24) is 0 Å². The van der Waals surface area contributed by atoms with E-state index in [1.54, 1.807) is 6.92 Å². The van der Waals surface area contributed by atoms with E-state index in [2.05, 4.69) is 6.58 Å². The average Bonchev–Trinajstić information content (AvgIpc) is 2.92. The molecule has 1 aliphatic carbocycles. The van der Waals surface area contributed by atoms with E-state index in [4.69, 9.17) is 19.3 Å². The molecule has 1 heterocycles. The van der Waals surface area contributed by atoms with E-state index < -0.39 is 36.0 Å². The zero-order chi connectivity index (χ0) is 21.6. The van der Waals surface area contributed by atoms with Crippen LogP contribution in [-0.2, 0) is 28.6 Å². The molecule has 0 aromatic rings. The molecule has 3 atom stereocenters. The highest BCUT2D eigenvalue weighted by Gasteiger charge is 2.44. The van der Waals surface area contributed by atoms with Gasteiger partial charge >= 0.3 is 17.9 Å². The van der Waals surface area contributed by atoms with Crippen LogP contribution < -0.4 is 0 Å². The minimum absolute atomic E-state index is 0.0796. The SMILES string of the molecule is C=C1C(=O)OC2C=C(C)CCC=C(COC(C)=O)CC(OC(=O)C(C)=CCO)C12. The van der Waals surface area contributed by atoms with Crippen LogP contribution in [-0.4, -0.2) is 48.4 Å². The van der Waals surface area contributed by atoms with E-state index in [0.29, 0.717) is 0 Å². The van der Waals surface area contributed by atoms with Crippen LogP contribution in [0.15, 0.2) is 47.1 Å². The molecule has 7 heteroatoms. The fourth-order valence-corrected chi connectivity index (χ4v) is 3.39. The van der Waals surface area contributed by atoms with Crippen molar-refractivity contribution in [3.8, 4) is 0 Å². The summed E-state index contributed by atoms with van der Waals surface area (Å²) in [5, 5.41) is 9.03. The van der Waals surface area contributed by atoms with Crippen LogP contribution in [0.2, 0.25) is 0 Å². The number of hydrogen-bond donors (Lipinski definition) is 1. The maximum atomic E-state index is 12.5. The molecule has 29 heavy (non-hydrogen) atoms. The second-order valence-electron chi connectivity index (χ2n) is 7.33. The van der Waals surface area contributed by atoms with Crippen molar-refractivity contribution in [1.29, 1.82) is 0 Å². The molecule has 0 aromatic carbocycles. The highest BCUT2D eigenvalue weighted by molar-refractivity contribution is 5.92. The summed E-state index contributed by atoms with van der Waals surface area (Å²) in [4.78, 5) is 35.9. The maximum absolute atomic E-state index is 12.5. The van der Waals surface area contributed by atoms with Gasteiger partial charge in [-0.2, -0.15) is 0 Å². The van der Waals surface area contributed by atoms with Crippen molar-refractivity contribution < 1.29 is 33.7 Å². The number of allylic oxidation sites excluding steroid dienone is 2. The Bertz CT molecular complexity index is 772. The lowest BCUT2D eigenvalue weighted by Crippen LogP contribution is -2.34. The number of esters is 3. The molecule has 1 aliphatic heterocycles. The zero-order valence-electron chi connectivity index (χ0n) is 17.1. The molecule has 0 saturated carbocycles. The first-order chi connectivity index (χ1) is 13.7. The van der Waals surface area contributed by atoms with Crippen molar-refractivity contribution in [3.05, 3.63) is 47.1 Å². The van der Waals surface area contributed by atoms with Crippen LogP contribution in [0.5, 0.6) is 0 Å². The van der Waals surface area contributed by atoms with E-state index in [0.717, 1.165) is 24.0 Å². The highest BCUT2D eigenvalue weighted by Crippen LogP contribution is 2.36. The number of ether oxygens (including phenoxy) is 3. The van der Waals surface area contributed by atoms with E-state index in [1.807, 2.05) is 19.1 Å². The molecule has 1 fully saturated rings.